The lowest BCUT2D eigenvalue weighted by Crippen LogP contribution is -2.47. The van der Waals surface area contributed by atoms with Crippen molar-refractivity contribution in [1.82, 2.24) is 0 Å². The van der Waals surface area contributed by atoms with Crippen molar-refractivity contribution < 1.29 is 14.3 Å². The first-order valence-electron chi connectivity index (χ1n) is 10.0. The van der Waals surface area contributed by atoms with Gasteiger partial charge in [-0.15, -0.1) is 0 Å². The summed E-state index contributed by atoms with van der Waals surface area (Å²) in [4.78, 5) is 25.6. The highest BCUT2D eigenvalue weighted by Crippen LogP contribution is 2.51. The Morgan fingerprint density at radius 2 is 1.73 bits per heavy atom. The van der Waals surface area contributed by atoms with Gasteiger partial charge >= 0.3 is 5.97 Å². The molecule has 148 valence electrons. The maximum Gasteiger partial charge on any atom is 0.305 e. The summed E-state index contributed by atoms with van der Waals surface area (Å²) < 4.78 is 5.11. The number of Topliss-reactive ketones (excluding diaryl/α,β-unsaturated/α-hetero) is 1. The molecule has 0 heterocycles. The molecule has 1 aliphatic carbocycles. The Labute approximate surface area is 160 Å². The molecule has 1 aliphatic rings. The summed E-state index contributed by atoms with van der Waals surface area (Å²) in [5.41, 5.74) is 2.04. The van der Waals surface area contributed by atoms with E-state index < -0.39 is 5.41 Å². The van der Waals surface area contributed by atoms with Crippen LogP contribution in [0.4, 0.5) is 0 Å². The monoisotopic (exact) mass is 362 g/mol. The molecule has 0 aliphatic heterocycles. The largest absolute Gasteiger partial charge is 0.466 e. The first-order valence-corrected chi connectivity index (χ1v) is 10.0. The van der Waals surface area contributed by atoms with Gasteiger partial charge in [0.15, 0.2) is 0 Å². The first kappa shape index (κ1) is 22.7. The normalized spacial score (nSPS) is 24.7. The maximum atomic E-state index is 13.6. The Bertz CT molecular complexity index is 560. The Kier molecular flexibility index (Phi) is 8.30. The summed E-state index contributed by atoms with van der Waals surface area (Å²) in [6.07, 6.45) is 8.67. The van der Waals surface area contributed by atoms with Crippen LogP contribution in [0.25, 0.3) is 0 Å². The average Bonchev–Trinajstić information content (AvgIpc) is 2.53. The third-order valence-electron chi connectivity index (χ3n) is 5.81. The predicted molar refractivity (Wildman–Crippen MR) is 108 cm³/mol. The van der Waals surface area contributed by atoms with E-state index in [0.29, 0.717) is 25.2 Å². The number of rotatable bonds is 8. The van der Waals surface area contributed by atoms with Crippen LogP contribution in [-0.2, 0) is 14.3 Å². The van der Waals surface area contributed by atoms with Crippen LogP contribution in [0.3, 0.4) is 0 Å². The second kappa shape index (κ2) is 9.53. The van der Waals surface area contributed by atoms with Crippen molar-refractivity contribution in [3.63, 3.8) is 0 Å². The van der Waals surface area contributed by atoms with Gasteiger partial charge in [0.05, 0.1) is 6.61 Å². The number of allylic oxidation sites excluding steroid dienone is 4. The van der Waals surface area contributed by atoms with Gasteiger partial charge in [0, 0.05) is 17.8 Å². The lowest BCUT2D eigenvalue weighted by molar-refractivity contribution is -0.147. The fourth-order valence-electron chi connectivity index (χ4n) is 3.89. The van der Waals surface area contributed by atoms with E-state index in [0.717, 1.165) is 25.7 Å². The van der Waals surface area contributed by atoms with Crippen LogP contribution in [0, 0.1) is 16.7 Å². The molecule has 0 aromatic heterocycles. The van der Waals surface area contributed by atoms with E-state index in [2.05, 4.69) is 53.7 Å². The van der Waals surface area contributed by atoms with Crippen molar-refractivity contribution in [2.45, 2.75) is 87.0 Å². The van der Waals surface area contributed by atoms with Crippen molar-refractivity contribution in [2.24, 2.45) is 16.7 Å². The molecule has 1 rings (SSSR count). The van der Waals surface area contributed by atoms with Gasteiger partial charge in [-0.25, -0.2) is 0 Å². The molecule has 3 heteroatoms. The molecule has 0 radical (unpaired) electrons. The Hall–Kier alpha value is -1.38. The molecule has 2 atom stereocenters. The molecule has 0 amide bonds. The minimum Gasteiger partial charge on any atom is -0.466 e. The molecule has 0 bridgehead atoms. The van der Waals surface area contributed by atoms with Crippen LogP contribution in [0.5, 0.6) is 0 Å². The van der Waals surface area contributed by atoms with Gasteiger partial charge in [0.2, 0.25) is 0 Å². The standard InChI is InChI=1S/C23H38O3/c1-8-26-20(24)12-14-23(13-11-18(4)5)16-15-22(6,7)19(21(23)25)10-9-17(2)3/h9,11,19H,8,10,12-16H2,1-7H3/t19-,23+/m1/s1. The van der Waals surface area contributed by atoms with Gasteiger partial charge in [0.1, 0.15) is 5.78 Å². The average molecular weight is 363 g/mol. The van der Waals surface area contributed by atoms with Gasteiger partial charge < -0.3 is 4.74 Å². The van der Waals surface area contributed by atoms with Crippen molar-refractivity contribution in [1.29, 1.82) is 0 Å². The smallest absolute Gasteiger partial charge is 0.305 e. The molecular weight excluding hydrogens is 324 g/mol. The SMILES string of the molecule is CCOC(=O)CC[C@@]1(CC=C(C)C)CCC(C)(C)[C@H](CC=C(C)C)C1=O. The van der Waals surface area contributed by atoms with Gasteiger partial charge in [-0.3, -0.25) is 9.59 Å². The Morgan fingerprint density at radius 1 is 1.12 bits per heavy atom. The second-order valence-corrected chi connectivity index (χ2v) is 8.99. The summed E-state index contributed by atoms with van der Waals surface area (Å²) >= 11 is 0. The zero-order valence-electron chi connectivity index (χ0n) is 17.9. The van der Waals surface area contributed by atoms with Crippen LogP contribution in [0.2, 0.25) is 0 Å². The van der Waals surface area contributed by atoms with Crippen LogP contribution in [-0.4, -0.2) is 18.4 Å². The molecule has 0 spiro atoms. The first-order chi connectivity index (χ1) is 12.0. The van der Waals surface area contributed by atoms with E-state index in [9.17, 15) is 9.59 Å². The Balaban J connectivity index is 3.13. The zero-order valence-corrected chi connectivity index (χ0v) is 17.9. The summed E-state index contributed by atoms with van der Waals surface area (Å²) in [7, 11) is 0. The lowest BCUT2D eigenvalue weighted by atomic mass is 9.55. The fourth-order valence-corrected chi connectivity index (χ4v) is 3.89. The summed E-state index contributed by atoms with van der Waals surface area (Å²) in [5, 5.41) is 0. The van der Waals surface area contributed by atoms with Crippen LogP contribution in [0.1, 0.15) is 87.0 Å². The molecule has 0 aromatic rings. The van der Waals surface area contributed by atoms with Crippen LogP contribution >= 0.6 is 0 Å². The van der Waals surface area contributed by atoms with E-state index in [1.165, 1.54) is 11.1 Å². The quantitative estimate of drug-likeness (QED) is 0.391. The van der Waals surface area contributed by atoms with Crippen molar-refractivity contribution in [3.8, 4) is 0 Å². The number of carbonyl (C=O) groups excluding carboxylic acids is 2. The minimum absolute atomic E-state index is 0.00142. The van der Waals surface area contributed by atoms with Crippen LogP contribution in [0.15, 0.2) is 23.3 Å². The number of carbonyl (C=O) groups is 2. The van der Waals surface area contributed by atoms with E-state index in [1.807, 2.05) is 6.92 Å². The van der Waals surface area contributed by atoms with Crippen molar-refractivity contribution in [2.75, 3.05) is 6.61 Å². The molecule has 0 aromatic carbocycles. The summed E-state index contributed by atoms with van der Waals surface area (Å²) in [6.45, 7) is 14.9. The van der Waals surface area contributed by atoms with E-state index in [4.69, 9.17) is 4.74 Å². The van der Waals surface area contributed by atoms with Crippen molar-refractivity contribution >= 4 is 11.8 Å². The molecule has 0 N–H and O–H groups in total. The van der Waals surface area contributed by atoms with Gasteiger partial charge in [-0.2, -0.15) is 0 Å². The molecule has 3 nitrogen and oxygen atoms in total. The van der Waals surface area contributed by atoms with Crippen LogP contribution < -0.4 is 0 Å². The highest BCUT2D eigenvalue weighted by atomic mass is 16.5. The Morgan fingerprint density at radius 3 is 2.27 bits per heavy atom. The topological polar surface area (TPSA) is 43.4 Å². The lowest BCUT2D eigenvalue weighted by Gasteiger charge is -2.47. The van der Waals surface area contributed by atoms with Gasteiger partial charge in [-0.05, 0) is 72.1 Å². The minimum atomic E-state index is -0.431. The molecule has 1 saturated carbocycles. The predicted octanol–water partition coefficient (Wildman–Crippen LogP) is 6.03. The molecule has 0 saturated heterocycles. The van der Waals surface area contributed by atoms with E-state index in [1.54, 1.807) is 0 Å². The van der Waals surface area contributed by atoms with Gasteiger partial charge in [0.25, 0.3) is 0 Å². The molecular formula is C23H38O3. The molecule has 1 fully saturated rings. The van der Waals surface area contributed by atoms with E-state index in [-0.39, 0.29) is 17.3 Å². The fraction of sp³-hybridized carbons (Fsp3) is 0.739. The van der Waals surface area contributed by atoms with Crippen molar-refractivity contribution in [3.05, 3.63) is 23.3 Å². The van der Waals surface area contributed by atoms with Gasteiger partial charge in [-0.1, -0.05) is 37.1 Å². The molecule has 0 unspecified atom stereocenters. The summed E-state index contributed by atoms with van der Waals surface area (Å²) in [5.74, 6) is 0.162. The van der Waals surface area contributed by atoms with E-state index >= 15 is 0 Å². The number of ether oxygens (including phenoxy) is 1. The zero-order chi connectivity index (χ0) is 20.0. The number of hydrogen-bond acceptors (Lipinski definition) is 3. The third-order valence-corrected chi connectivity index (χ3v) is 5.81. The summed E-state index contributed by atoms with van der Waals surface area (Å²) in [6, 6.07) is 0. The second-order valence-electron chi connectivity index (χ2n) is 8.99. The maximum absolute atomic E-state index is 13.6. The highest BCUT2D eigenvalue weighted by molar-refractivity contribution is 5.89. The molecule has 26 heavy (non-hydrogen) atoms. The third kappa shape index (κ3) is 6.10. The number of hydrogen-bond donors (Lipinski definition) is 0. The number of ketones is 1. The number of esters is 1. The highest BCUT2D eigenvalue weighted by Gasteiger charge is 2.50.